The molecular formula is C35H41N3O3. The number of anilines is 1. The van der Waals surface area contributed by atoms with E-state index >= 15 is 0 Å². The predicted molar refractivity (Wildman–Crippen MR) is 165 cm³/mol. The van der Waals surface area contributed by atoms with E-state index < -0.39 is 5.60 Å². The van der Waals surface area contributed by atoms with Crippen molar-refractivity contribution in [1.82, 2.24) is 9.88 Å². The molecule has 0 bridgehead atoms. The maximum Gasteiger partial charge on any atom is 0.340 e. The lowest BCUT2D eigenvalue weighted by molar-refractivity contribution is -0.114. The van der Waals surface area contributed by atoms with Gasteiger partial charge in [0.2, 0.25) is 5.91 Å². The normalized spacial score (nSPS) is 16.1. The molecule has 1 aromatic heterocycles. The van der Waals surface area contributed by atoms with E-state index in [2.05, 4.69) is 47.2 Å². The van der Waals surface area contributed by atoms with Crippen molar-refractivity contribution in [2.24, 2.45) is 0 Å². The third kappa shape index (κ3) is 5.29. The van der Waals surface area contributed by atoms with Gasteiger partial charge in [-0.3, -0.25) is 4.79 Å². The number of benzene rings is 3. The van der Waals surface area contributed by atoms with Gasteiger partial charge >= 0.3 is 5.97 Å². The largest absolute Gasteiger partial charge is 0.440 e. The van der Waals surface area contributed by atoms with Crippen molar-refractivity contribution in [1.29, 1.82) is 0 Å². The van der Waals surface area contributed by atoms with Gasteiger partial charge in [0.05, 0.1) is 5.56 Å². The number of para-hydroxylation sites is 1. The van der Waals surface area contributed by atoms with Crippen LogP contribution in [0.4, 0.5) is 5.69 Å². The number of fused-ring (bicyclic) bond motifs is 2. The van der Waals surface area contributed by atoms with Gasteiger partial charge in [0, 0.05) is 59.0 Å². The highest BCUT2D eigenvalue weighted by atomic mass is 16.6. The first-order valence-corrected chi connectivity index (χ1v) is 14.9. The molecule has 0 saturated heterocycles. The fourth-order valence-electron chi connectivity index (χ4n) is 6.46. The maximum absolute atomic E-state index is 13.6. The first-order chi connectivity index (χ1) is 19.9. The molecule has 0 spiro atoms. The number of rotatable bonds is 12. The van der Waals surface area contributed by atoms with Gasteiger partial charge < -0.3 is 19.9 Å². The SMILES string of the molecule is CCCCCCCCn1c(C)c(C2(c3ccc(CNC)cc3NC(C)=O)OC(=O)c3ccccc32)c2ccccc21. The van der Waals surface area contributed by atoms with Crippen LogP contribution >= 0.6 is 0 Å². The number of hydrogen-bond acceptors (Lipinski definition) is 4. The number of hydrogen-bond donors (Lipinski definition) is 2. The number of aromatic nitrogens is 1. The smallest absolute Gasteiger partial charge is 0.340 e. The van der Waals surface area contributed by atoms with Gasteiger partial charge in [0.25, 0.3) is 0 Å². The highest BCUT2D eigenvalue weighted by Gasteiger charge is 2.52. The number of carbonyl (C=O) groups excluding carboxylic acids is 2. The minimum atomic E-state index is -1.22. The average molecular weight is 552 g/mol. The molecule has 1 aliphatic heterocycles. The van der Waals surface area contributed by atoms with Crippen LogP contribution in [0.5, 0.6) is 0 Å². The van der Waals surface area contributed by atoms with Crippen molar-refractivity contribution in [3.05, 3.63) is 100 Å². The number of nitrogens with zero attached hydrogens (tertiary/aromatic N) is 1. The number of amides is 1. The first-order valence-electron chi connectivity index (χ1n) is 14.9. The minimum Gasteiger partial charge on any atom is -0.440 e. The lowest BCUT2D eigenvalue weighted by Crippen LogP contribution is -2.32. The van der Waals surface area contributed by atoms with Crippen LogP contribution in [0.3, 0.4) is 0 Å². The van der Waals surface area contributed by atoms with Crippen molar-refractivity contribution < 1.29 is 14.3 Å². The fraction of sp³-hybridized carbons (Fsp3) is 0.371. The summed E-state index contributed by atoms with van der Waals surface area (Å²) in [4.78, 5) is 26.0. The molecular weight excluding hydrogens is 510 g/mol. The second kappa shape index (κ2) is 12.3. The topological polar surface area (TPSA) is 72.4 Å². The molecule has 2 N–H and O–H groups in total. The van der Waals surface area contributed by atoms with Crippen LogP contribution in [-0.2, 0) is 28.2 Å². The van der Waals surface area contributed by atoms with Gasteiger partial charge in [0.1, 0.15) is 0 Å². The number of carbonyl (C=O) groups is 2. The Hall–Kier alpha value is -3.90. The van der Waals surface area contributed by atoms with Crippen molar-refractivity contribution in [2.75, 3.05) is 12.4 Å². The zero-order valence-electron chi connectivity index (χ0n) is 24.7. The second-order valence-corrected chi connectivity index (χ2v) is 11.1. The molecule has 214 valence electrons. The highest BCUT2D eigenvalue weighted by molar-refractivity contribution is 6.00. The second-order valence-electron chi connectivity index (χ2n) is 11.1. The number of ether oxygens (including phenoxy) is 1. The zero-order chi connectivity index (χ0) is 29.0. The Bertz CT molecular complexity index is 1570. The zero-order valence-corrected chi connectivity index (χ0v) is 24.7. The number of unbranched alkanes of at least 4 members (excludes halogenated alkanes) is 5. The summed E-state index contributed by atoms with van der Waals surface area (Å²) in [7, 11) is 1.89. The minimum absolute atomic E-state index is 0.178. The third-order valence-corrected chi connectivity index (χ3v) is 8.25. The molecule has 0 radical (unpaired) electrons. The van der Waals surface area contributed by atoms with Crippen LogP contribution in [0.15, 0.2) is 66.7 Å². The molecule has 0 aliphatic carbocycles. The quantitative estimate of drug-likeness (QED) is 0.142. The van der Waals surface area contributed by atoms with E-state index in [9.17, 15) is 9.59 Å². The summed E-state index contributed by atoms with van der Waals surface area (Å²) in [6.45, 7) is 7.42. The lowest BCUT2D eigenvalue weighted by atomic mass is 9.77. The Morgan fingerprint density at radius 2 is 1.66 bits per heavy atom. The molecule has 6 nitrogen and oxygen atoms in total. The molecule has 1 unspecified atom stereocenters. The number of cyclic esters (lactones) is 1. The predicted octanol–water partition coefficient (Wildman–Crippen LogP) is 7.45. The molecule has 0 fully saturated rings. The molecule has 0 saturated carbocycles. The van der Waals surface area contributed by atoms with Crippen molar-refractivity contribution in [3.63, 3.8) is 0 Å². The number of nitrogens with one attached hydrogen (secondary N) is 2. The van der Waals surface area contributed by atoms with Gasteiger partial charge in [-0.2, -0.15) is 0 Å². The van der Waals surface area contributed by atoms with E-state index in [0.29, 0.717) is 17.8 Å². The third-order valence-electron chi connectivity index (χ3n) is 8.25. The van der Waals surface area contributed by atoms with Crippen molar-refractivity contribution in [3.8, 4) is 0 Å². The van der Waals surface area contributed by atoms with Crippen molar-refractivity contribution >= 4 is 28.5 Å². The number of aryl methyl sites for hydroxylation is 1. The van der Waals surface area contributed by atoms with Gasteiger partial charge in [-0.15, -0.1) is 0 Å². The van der Waals surface area contributed by atoms with E-state index in [0.717, 1.165) is 51.8 Å². The van der Waals surface area contributed by atoms with Gasteiger partial charge in [0.15, 0.2) is 5.60 Å². The average Bonchev–Trinajstić information content (AvgIpc) is 3.41. The lowest BCUT2D eigenvalue weighted by Gasteiger charge is -2.33. The van der Waals surface area contributed by atoms with Crippen molar-refractivity contribution in [2.45, 2.75) is 78.0 Å². The van der Waals surface area contributed by atoms with Crippen LogP contribution in [0.2, 0.25) is 0 Å². The summed E-state index contributed by atoms with van der Waals surface area (Å²) in [6.07, 6.45) is 7.31. The molecule has 2 heterocycles. The van der Waals surface area contributed by atoms with Gasteiger partial charge in [-0.05, 0) is 44.2 Å². The molecule has 6 heteroatoms. The van der Waals surface area contributed by atoms with Crippen LogP contribution < -0.4 is 10.6 Å². The Kier molecular flexibility index (Phi) is 8.60. The molecule has 5 rings (SSSR count). The van der Waals surface area contributed by atoms with E-state index in [1.807, 2.05) is 55.6 Å². The Balaban J connectivity index is 1.74. The van der Waals surface area contributed by atoms with Crippen LogP contribution in [-0.4, -0.2) is 23.5 Å². The summed E-state index contributed by atoms with van der Waals surface area (Å²) >= 11 is 0. The van der Waals surface area contributed by atoms with Crippen LogP contribution in [0.1, 0.15) is 90.7 Å². The first kappa shape index (κ1) is 28.6. The standard InChI is InChI=1S/C35H41N3O3/c1-5-6-7-8-9-14-21-38-24(2)33(28-16-11-13-18-32(28)38)35(29-17-12-10-15-27(29)34(40)41-35)30-20-19-26(23-36-4)22-31(30)37-25(3)39/h10-13,15-20,22,36H,5-9,14,21,23H2,1-4H3,(H,37,39). The monoisotopic (exact) mass is 551 g/mol. The fourth-order valence-corrected chi connectivity index (χ4v) is 6.46. The molecule has 41 heavy (non-hydrogen) atoms. The summed E-state index contributed by atoms with van der Waals surface area (Å²) in [6, 6.07) is 22.1. The number of esters is 1. The molecule has 4 aromatic rings. The highest BCUT2D eigenvalue weighted by Crippen LogP contribution is 2.52. The molecule has 1 aliphatic rings. The van der Waals surface area contributed by atoms with Crippen LogP contribution in [0, 0.1) is 6.92 Å². The van der Waals surface area contributed by atoms with E-state index in [1.54, 1.807) is 0 Å². The van der Waals surface area contributed by atoms with Gasteiger partial charge in [-0.1, -0.05) is 87.6 Å². The van der Waals surface area contributed by atoms with E-state index in [4.69, 9.17) is 4.74 Å². The Morgan fingerprint density at radius 1 is 0.927 bits per heavy atom. The summed E-state index contributed by atoms with van der Waals surface area (Å²) in [5, 5.41) is 7.30. The van der Waals surface area contributed by atoms with Gasteiger partial charge in [-0.25, -0.2) is 4.79 Å². The Morgan fingerprint density at radius 3 is 2.44 bits per heavy atom. The Labute approximate surface area is 243 Å². The molecule has 1 amide bonds. The molecule has 1 atom stereocenters. The van der Waals surface area contributed by atoms with Crippen LogP contribution in [0.25, 0.3) is 10.9 Å². The van der Waals surface area contributed by atoms with E-state index in [-0.39, 0.29) is 11.9 Å². The summed E-state index contributed by atoms with van der Waals surface area (Å²) in [5.74, 6) is -0.538. The summed E-state index contributed by atoms with van der Waals surface area (Å²) in [5.41, 5.74) is 5.67. The molecule has 3 aromatic carbocycles. The maximum atomic E-state index is 13.6. The summed E-state index contributed by atoms with van der Waals surface area (Å²) < 4.78 is 8.95. The van der Waals surface area contributed by atoms with E-state index in [1.165, 1.54) is 39.0 Å².